The van der Waals surface area contributed by atoms with Gasteiger partial charge in [0.1, 0.15) is 5.82 Å². The second-order valence-electron chi connectivity index (χ2n) is 7.23. The van der Waals surface area contributed by atoms with Gasteiger partial charge >= 0.3 is 0 Å². The van der Waals surface area contributed by atoms with Gasteiger partial charge in [-0.1, -0.05) is 42.0 Å². The number of carbonyl (C=O) groups excluding carboxylic acids is 2. The Morgan fingerprint density at radius 1 is 1.25 bits per heavy atom. The minimum absolute atomic E-state index is 0.0601. The Morgan fingerprint density at radius 3 is 2.68 bits per heavy atom. The number of rotatable bonds is 5. The van der Waals surface area contributed by atoms with Crippen molar-refractivity contribution in [2.24, 2.45) is 0 Å². The van der Waals surface area contributed by atoms with Crippen LogP contribution in [0.15, 0.2) is 48.5 Å². The third kappa shape index (κ3) is 4.95. The van der Waals surface area contributed by atoms with Crippen molar-refractivity contribution in [3.8, 4) is 0 Å². The predicted molar refractivity (Wildman–Crippen MR) is 106 cm³/mol. The summed E-state index contributed by atoms with van der Waals surface area (Å²) < 4.78 is 13.7. The normalized spacial score (nSPS) is 17.8. The third-order valence-corrected chi connectivity index (χ3v) is 5.03. The average Bonchev–Trinajstić information content (AvgIpc) is 2.67. The number of benzene rings is 2. The summed E-state index contributed by atoms with van der Waals surface area (Å²) >= 11 is 0. The lowest BCUT2D eigenvalue weighted by Crippen LogP contribution is -2.49. The van der Waals surface area contributed by atoms with Crippen molar-refractivity contribution >= 4 is 11.8 Å². The van der Waals surface area contributed by atoms with E-state index in [4.69, 9.17) is 0 Å². The summed E-state index contributed by atoms with van der Waals surface area (Å²) in [5.74, 6) is -0.554. The van der Waals surface area contributed by atoms with Crippen molar-refractivity contribution in [2.75, 3.05) is 19.6 Å². The van der Waals surface area contributed by atoms with E-state index in [1.165, 1.54) is 19.1 Å². The highest BCUT2D eigenvalue weighted by Crippen LogP contribution is 2.26. The van der Waals surface area contributed by atoms with Gasteiger partial charge in [-0.05, 0) is 30.2 Å². The molecule has 0 saturated carbocycles. The van der Waals surface area contributed by atoms with E-state index < -0.39 is 6.04 Å². The molecule has 0 aliphatic carbocycles. The topological polar surface area (TPSA) is 61.4 Å². The van der Waals surface area contributed by atoms with E-state index in [-0.39, 0.29) is 30.1 Å². The first-order valence-corrected chi connectivity index (χ1v) is 9.53. The molecule has 0 aromatic heterocycles. The molecule has 28 heavy (non-hydrogen) atoms. The van der Waals surface area contributed by atoms with Crippen molar-refractivity contribution in [1.82, 2.24) is 15.5 Å². The zero-order valence-corrected chi connectivity index (χ0v) is 16.2. The van der Waals surface area contributed by atoms with Gasteiger partial charge in [0.2, 0.25) is 11.8 Å². The van der Waals surface area contributed by atoms with Crippen LogP contribution in [0.3, 0.4) is 0 Å². The molecule has 2 aromatic rings. The Kier molecular flexibility index (Phi) is 6.41. The van der Waals surface area contributed by atoms with Gasteiger partial charge in [-0.3, -0.25) is 9.59 Å². The average molecular weight is 383 g/mol. The number of hydrogen-bond acceptors (Lipinski definition) is 3. The van der Waals surface area contributed by atoms with Gasteiger partial charge in [0.05, 0.1) is 18.5 Å². The number of halogens is 1. The molecule has 1 saturated heterocycles. The molecular weight excluding hydrogens is 357 g/mol. The first-order valence-electron chi connectivity index (χ1n) is 9.53. The van der Waals surface area contributed by atoms with Crippen LogP contribution in [0.1, 0.15) is 42.1 Å². The Labute approximate surface area is 164 Å². The Hall–Kier alpha value is -2.73. The summed E-state index contributed by atoms with van der Waals surface area (Å²) in [5, 5.41) is 6.16. The highest BCUT2D eigenvalue weighted by molar-refractivity contribution is 5.79. The zero-order valence-electron chi connectivity index (χ0n) is 16.2. The molecule has 2 aromatic carbocycles. The Morgan fingerprint density at radius 2 is 2.00 bits per heavy atom. The second-order valence-corrected chi connectivity index (χ2v) is 7.23. The zero-order chi connectivity index (χ0) is 20.1. The molecule has 1 aliphatic heterocycles. The molecule has 6 heteroatoms. The van der Waals surface area contributed by atoms with Crippen molar-refractivity contribution in [1.29, 1.82) is 0 Å². The van der Waals surface area contributed by atoms with Crippen molar-refractivity contribution in [2.45, 2.75) is 32.4 Å². The summed E-state index contributed by atoms with van der Waals surface area (Å²) in [4.78, 5) is 26.6. The van der Waals surface area contributed by atoms with Crippen LogP contribution in [0.2, 0.25) is 0 Å². The fourth-order valence-electron chi connectivity index (χ4n) is 3.60. The molecule has 2 unspecified atom stereocenters. The molecule has 1 fully saturated rings. The number of hydrogen-bond donors (Lipinski definition) is 2. The third-order valence-electron chi connectivity index (χ3n) is 5.03. The van der Waals surface area contributed by atoms with Gasteiger partial charge in [0.25, 0.3) is 0 Å². The van der Waals surface area contributed by atoms with Crippen molar-refractivity contribution in [3.63, 3.8) is 0 Å². The lowest BCUT2D eigenvalue weighted by Gasteiger charge is -2.37. The van der Waals surface area contributed by atoms with Gasteiger partial charge in [-0.25, -0.2) is 4.39 Å². The molecule has 1 heterocycles. The highest BCUT2D eigenvalue weighted by atomic mass is 19.1. The molecule has 148 valence electrons. The summed E-state index contributed by atoms with van der Waals surface area (Å²) in [6.45, 7) is 5.25. The van der Waals surface area contributed by atoms with E-state index >= 15 is 0 Å². The molecule has 5 nitrogen and oxygen atoms in total. The number of nitrogens with one attached hydrogen (secondary N) is 2. The summed E-state index contributed by atoms with van der Waals surface area (Å²) in [6, 6.07) is 13.6. The predicted octanol–water partition coefficient (Wildman–Crippen LogP) is 2.87. The Balaban J connectivity index is 1.80. The van der Waals surface area contributed by atoms with Crippen LogP contribution in [0.25, 0.3) is 0 Å². The number of amides is 2. The van der Waals surface area contributed by atoms with Crippen molar-refractivity contribution in [3.05, 3.63) is 71.0 Å². The maximum absolute atomic E-state index is 13.7. The van der Waals surface area contributed by atoms with Gasteiger partial charge < -0.3 is 15.5 Å². The second kappa shape index (κ2) is 8.97. The minimum atomic E-state index is -0.395. The van der Waals surface area contributed by atoms with Crippen LogP contribution in [-0.4, -0.2) is 36.3 Å². The standard InChI is InChI=1S/C22H26FN3O2/c1-15-6-8-17(9-7-15)20(25-16(2)27)13-22(28)26-11-10-24-14-21(26)18-4-3-5-19(23)12-18/h3-9,12,20-21,24H,10-11,13-14H2,1-2H3,(H,25,27). The van der Waals surface area contributed by atoms with E-state index in [2.05, 4.69) is 10.6 Å². The molecule has 3 rings (SSSR count). The molecule has 0 spiro atoms. The van der Waals surface area contributed by atoms with E-state index in [9.17, 15) is 14.0 Å². The van der Waals surface area contributed by atoms with Gasteiger partial charge in [-0.2, -0.15) is 0 Å². The van der Waals surface area contributed by atoms with Gasteiger partial charge in [-0.15, -0.1) is 0 Å². The minimum Gasteiger partial charge on any atom is -0.349 e. The Bertz CT molecular complexity index is 838. The van der Waals surface area contributed by atoms with Crippen LogP contribution in [-0.2, 0) is 9.59 Å². The molecule has 0 radical (unpaired) electrons. The summed E-state index contributed by atoms with van der Waals surface area (Å²) in [5.41, 5.74) is 2.78. The van der Waals surface area contributed by atoms with E-state index in [0.717, 1.165) is 16.7 Å². The van der Waals surface area contributed by atoms with E-state index in [1.807, 2.05) is 37.3 Å². The maximum Gasteiger partial charge on any atom is 0.225 e. The van der Waals surface area contributed by atoms with Crippen LogP contribution in [0.4, 0.5) is 4.39 Å². The summed E-state index contributed by atoms with van der Waals surface area (Å²) in [6.07, 6.45) is 0.161. The first-order chi connectivity index (χ1) is 13.4. The van der Waals surface area contributed by atoms with Crippen LogP contribution < -0.4 is 10.6 Å². The largest absolute Gasteiger partial charge is 0.349 e. The van der Waals surface area contributed by atoms with Gasteiger partial charge in [0.15, 0.2) is 0 Å². The SMILES string of the molecule is CC(=O)NC(CC(=O)N1CCNCC1c1cccc(F)c1)c1ccc(C)cc1. The maximum atomic E-state index is 13.7. The molecule has 0 bridgehead atoms. The van der Waals surface area contributed by atoms with Crippen LogP contribution in [0.5, 0.6) is 0 Å². The molecule has 1 aliphatic rings. The quantitative estimate of drug-likeness (QED) is 0.835. The van der Waals surface area contributed by atoms with Crippen LogP contribution >= 0.6 is 0 Å². The molecule has 2 amide bonds. The fourth-order valence-corrected chi connectivity index (χ4v) is 3.60. The van der Waals surface area contributed by atoms with E-state index in [0.29, 0.717) is 19.6 Å². The smallest absolute Gasteiger partial charge is 0.225 e. The van der Waals surface area contributed by atoms with Crippen LogP contribution in [0, 0.1) is 12.7 Å². The highest BCUT2D eigenvalue weighted by Gasteiger charge is 2.30. The monoisotopic (exact) mass is 383 g/mol. The lowest BCUT2D eigenvalue weighted by atomic mass is 9.99. The molecular formula is C22H26FN3O2. The number of nitrogens with zero attached hydrogens (tertiary/aromatic N) is 1. The van der Waals surface area contributed by atoms with Crippen molar-refractivity contribution < 1.29 is 14.0 Å². The van der Waals surface area contributed by atoms with E-state index in [1.54, 1.807) is 11.0 Å². The molecule has 2 N–H and O–H groups in total. The number of carbonyl (C=O) groups is 2. The molecule has 2 atom stereocenters. The first kappa shape index (κ1) is 20.0. The number of aryl methyl sites for hydroxylation is 1. The van der Waals surface area contributed by atoms with Gasteiger partial charge in [0, 0.05) is 26.6 Å². The number of piperazine rings is 1. The fraction of sp³-hybridized carbons (Fsp3) is 0.364. The lowest BCUT2D eigenvalue weighted by molar-refractivity contribution is -0.135. The summed E-state index contributed by atoms with van der Waals surface area (Å²) in [7, 11) is 0.